The van der Waals surface area contributed by atoms with Crippen LogP contribution in [0.3, 0.4) is 0 Å². The molecule has 2 nitrogen and oxygen atoms in total. The van der Waals surface area contributed by atoms with Crippen LogP contribution in [0.2, 0.25) is 0 Å². The van der Waals surface area contributed by atoms with Crippen LogP contribution >= 0.6 is 15.9 Å². The number of hydrogen-bond donors (Lipinski definition) is 1. The van der Waals surface area contributed by atoms with Gasteiger partial charge < -0.3 is 5.32 Å². The molecule has 2 rings (SSSR count). The van der Waals surface area contributed by atoms with Crippen LogP contribution in [0.1, 0.15) is 23.2 Å². The second kappa shape index (κ2) is 3.89. The molecule has 0 bridgehead atoms. The first kappa shape index (κ1) is 10.5. The van der Waals surface area contributed by atoms with E-state index in [9.17, 15) is 13.6 Å². The van der Waals surface area contributed by atoms with E-state index in [4.69, 9.17) is 0 Å². The molecule has 0 saturated heterocycles. The Bertz CT molecular complexity index is 418. The fraction of sp³-hybridized carbons (Fsp3) is 0.300. The van der Waals surface area contributed by atoms with E-state index in [1.54, 1.807) is 0 Å². The van der Waals surface area contributed by atoms with Crippen molar-refractivity contribution in [1.29, 1.82) is 0 Å². The maximum absolute atomic E-state index is 13.3. The molecule has 80 valence electrons. The summed E-state index contributed by atoms with van der Waals surface area (Å²) in [6, 6.07) is 2.42. The van der Waals surface area contributed by atoms with Gasteiger partial charge in [-0.15, -0.1) is 0 Å². The highest BCUT2D eigenvalue weighted by atomic mass is 79.9. The minimum atomic E-state index is -1.11. The van der Waals surface area contributed by atoms with Gasteiger partial charge in [-0.05, 0) is 40.9 Å². The van der Waals surface area contributed by atoms with Crippen LogP contribution in [-0.2, 0) is 0 Å². The number of nitrogens with one attached hydrogen (secondary N) is 1. The second-order valence-electron chi connectivity index (χ2n) is 3.47. The van der Waals surface area contributed by atoms with Gasteiger partial charge in [0, 0.05) is 10.5 Å². The monoisotopic (exact) mass is 275 g/mol. The molecule has 0 aliphatic heterocycles. The Balaban J connectivity index is 2.32. The maximum Gasteiger partial charge on any atom is 0.255 e. The Hall–Kier alpha value is -0.970. The lowest BCUT2D eigenvalue weighted by Crippen LogP contribution is -2.27. The normalized spacial score (nSPS) is 15.1. The van der Waals surface area contributed by atoms with Gasteiger partial charge in [-0.1, -0.05) is 0 Å². The molecular formula is C10H8BrF2NO. The molecule has 1 fully saturated rings. The van der Waals surface area contributed by atoms with Crippen molar-refractivity contribution in [2.75, 3.05) is 0 Å². The third-order valence-corrected chi connectivity index (χ3v) is 2.84. The fourth-order valence-corrected chi connectivity index (χ4v) is 1.71. The van der Waals surface area contributed by atoms with E-state index in [2.05, 4.69) is 21.2 Å². The van der Waals surface area contributed by atoms with Crippen LogP contribution in [-0.4, -0.2) is 11.9 Å². The first-order valence-electron chi connectivity index (χ1n) is 4.54. The summed E-state index contributed by atoms with van der Waals surface area (Å²) >= 11 is 3.02. The molecule has 5 heteroatoms. The van der Waals surface area contributed by atoms with Crippen molar-refractivity contribution < 1.29 is 13.6 Å². The summed E-state index contributed by atoms with van der Waals surface area (Å²) in [4.78, 5) is 11.5. The van der Waals surface area contributed by atoms with Crippen molar-refractivity contribution in [2.24, 2.45) is 0 Å². The van der Waals surface area contributed by atoms with Crippen LogP contribution in [0.15, 0.2) is 16.6 Å². The molecule has 0 atom stereocenters. The van der Waals surface area contributed by atoms with Gasteiger partial charge in [-0.2, -0.15) is 0 Å². The summed E-state index contributed by atoms with van der Waals surface area (Å²) in [6.07, 6.45) is 1.81. The molecule has 1 aliphatic carbocycles. The highest BCUT2D eigenvalue weighted by Crippen LogP contribution is 2.24. The van der Waals surface area contributed by atoms with Crippen molar-refractivity contribution >= 4 is 21.8 Å². The predicted molar refractivity (Wildman–Crippen MR) is 54.5 cm³/mol. The molecular weight excluding hydrogens is 268 g/mol. The van der Waals surface area contributed by atoms with Gasteiger partial charge in [-0.25, -0.2) is 8.78 Å². The number of carbonyl (C=O) groups excluding carboxylic acids is 1. The van der Waals surface area contributed by atoms with Crippen LogP contribution in [0.4, 0.5) is 8.78 Å². The van der Waals surface area contributed by atoms with E-state index in [0.29, 0.717) is 0 Å². The number of benzene rings is 1. The average Bonchev–Trinajstić information content (AvgIpc) is 2.96. The van der Waals surface area contributed by atoms with Crippen molar-refractivity contribution in [3.63, 3.8) is 0 Å². The lowest BCUT2D eigenvalue weighted by molar-refractivity contribution is 0.0945. The first-order chi connectivity index (χ1) is 7.09. The third-order valence-electron chi connectivity index (χ3n) is 2.18. The maximum atomic E-state index is 13.3. The Labute approximate surface area is 93.8 Å². The standard InChI is InChI=1S/C10H8BrF2NO/c11-6-3-4-7(12)9(13)8(6)10(15)14-5-1-2-5/h3-5H,1-2H2,(H,14,15). The molecule has 1 aliphatic rings. The Morgan fingerprint density at radius 2 is 2.07 bits per heavy atom. The number of carbonyl (C=O) groups is 1. The number of amides is 1. The van der Waals surface area contributed by atoms with Crippen LogP contribution in [0.5, 0.6) is 0 Å². The molecule has 1 N–H and O–H groups in total. The molecule has 15 heavy (non-hydrogen) atoms. The molecule has 1 aromatic carbocycles. The topological polar surface area (TPSA) is 29.1 Å². The summed E-state index contributed by atoms with van der Waals surface area (Å²) in [5.74, 6) is -2.69. The van der Waals surface area contributed by atoms with E-state index < -0.39 is 17.5 Å². The zero-order valence-electron chi connectivity index (χ0n) is 7.69. The van der Waals surface area contributed by atoms with E-state index in [1.807, 2.05) is 0 Å². The van der Waals surface area contributed by atoms with Crippen LogP contribution in [0.25, 0.3) is 0 Å². The first-order valence-corrected chi connectivity index (χ1v) is 5.33. The summed E-state index contributed by atoms with van der Waals surface area (Å²) in [5, 5.41) is 2.60. The lowest BCUT2D eigenvalue weighted by Gasteiger charge is -2.07. The Morgan fingerprint density at radius 3 is 2.67 bits per heavy atom. The van der Waals surface area contributed by atoms with Gasteiger partial charge in [0.1, 0.15) is 0 Å². The smallest absolute Gasteiger partial charge is 0.255 e. The van der Waals surface area contributed by atoms with E-state index >= 15 is 0 Å². The van der Waals surface area contributed by atoms with E-state index in [-0.39, 0.29) is 16.1 Å². The highest BCUT2D eigenvalue weighted by Gasteiger charge is 2.27. The second-order valence-corrected chi connectivity index (χ2v) is 4.32. The van der Waals surface area contributed by atoms with Crippen LogP contribution in [0, 0.1) is 11.6 Å². The van der Waals surface area contributed by atoms with Gasteiger partial charge in [0.15, 0.2) is 11.6 Å². The van der Waals surface area contributed by atoms with E-state index in [0.717, 1.165) is 18.9 Å². The quantitative estimate of drug-likeness (QED) is 0.826. The van der Waals surface area contributed by atoms with Gasteiger partial charge in [0.25, 0.3) is 5.91 Å². The Morgan fingerprint density at radius 1 is 1.40 bits per heavy atom. The molecule has 0 radical (unpaired) electrons. The molecule has 1 amide bonds. The van der Waals surface area contributed by atoms with Gasteiger partial charge >= 0.3 is 0 Å². The molecule has 0 unspecified atom stereocenters. The third kappa shape index (κ3) is 2.17. The SMILES string of the molecule is O=C(NC1CC1)c1c(Br)ccc(F)c1F. The molecule has 1 aromatic rings. The molecule has 0 spiro atoms. The lowest BCUT2D eigenvalue weighted by atomic mass is 10.2. The van der Waals surface area contributed by atoms with Crippen molar-refractivity contribution in [2.45, 2.75) is 18.9 Å². The minimum absolute atomic E-state index is 0.118. The van der Waals surface area contributed by atoms with Gasteiger partial charge in [0.05, 0.1) is 5.56 Å². The van der Waals surface area contributed by atoms with Crippen molar-refractivity contribution in [3.8, 4) is 0 Å². The van der Waals surface area contributed by atoms with Crippen LogP contribution < -0.4 is 5.32 Å². The Kier molecular flexibility index (Phi) is 2.73. The highest BCUT2D eigenvalue weighted by molar-refractivity contribution is 9.10. The summed E-state index contributed by atoms with van der Waals surface area (Å²) < 4.78 is 26.5. The summed E-state index contributed by atoms with van der Waals surface area (Å²) in [7, 11) is 0. The predicted octanol–water partition coefficient (Wildman–Crippen LogP) is 2.62. The summed E-state index contributed by atoms with van der Waals surface area (Å²) in [5.41, 5.74) is -0.262. The minimum Gasteiger partial charge on any atom is -0.349 e. The molecule has 0 aromatic heterocycles. The average molecular weight is 276 g/mol. The number of hydrogen-bond acceptors (Lipinski definition) is 1. The van der Waals surface area contributed by atoms with Crippen molar-refractivity contribution in [3.05, 3.63) is 33.8 Å². The van der Waals surface area contributed by atoms with Crippen molar-refractivity contribution in [1.82, 2.24) is 5.32 Å². The van der Waals surface area contributed by atoms with E-state index in [1.165, 1.54) is 6.07 Å². The number of halogens is 3. The zero-order chi connectivity index (χ0) is 11.0. The molecule has 1 saturated carbocycles. The molecule has 0 heterocycles. The van der Waals surface area contributed by atoms with Gasteiger partial charge in [-0.3, -0.25) is 4.79 Å². The summed E-state index contributed by atoms with van der Waals surface area (Å²) in [6.45, 7) is 0. The number of rotatable bonds is 2. The largest absolute Gasteiger partial charge is 0.349 e. The van der Waals surface area contributed by atoms with Gasteiger partial charge in [0.2, 0.25) is 0 Å². The zero-order valence-corrected chi connectivity index (χ0v) is 9.27. The fourth-order valence-electron chi connectivity index (χ4n) is 1.22.